The van der Waals surface area contributed by atoms with Gasteiger partial charge in [-0.2, -0.15) is 0 Å². The zero-order valence-corrected chi connectivity index (χ0v) is 17.3. The summed E-state index contributed by atoms with van der Waals surface area (Å²) in [6.45, 7) is 5.94. The van der Waals surface area contributed by atoms with Crippen LogP contribution in [0.4, 0.5) is 5.69 Å². The normalized spacial score (nSPS) is 10.9. The lowest BCUT2D eigenvalue weighted by Gasteiger charge is -2.16. The van der Waals surface area contributed by atoms with E-state index in [1.54, 1.807) is 0 Å². The number of halogens is 1. The molecule has 0 aliphatic heterocycles. The molecule has 1 aromatic heterocycles. The van der Waals surface area contributed by atoms with E-state index < -0.39 is 0 Å². The molecule has 0 aliphatic carbocycles. The molecule has 0 aliphatic rings. The fourth-order valence-electron chi connectivity index (χ4n) is 3.57. The van der Waals surface area contributed by atoms with Crippen LogP contribution in [0.25, 0.3) is 22.2 Å². The zero-order valence-electron chi connectivity index (χ0n) is 16.6. The maximum absolute atomic E-state index is 13.4. The van der Waals surface area contributed by atoms with Crippen molar-refractivity contribution in [2.24, 2.45) is 0 Å². The molecule has 4 rings (SSSR count). The van der Waals surface area contributed by atoms with Crippen molar-refractivity contribution in [3.8, 4) is 11.3 Å². The van der Waals surface area contributed by atoms with Gasteiger partial charge in [0.2, 0.25) is 0 Å². The summed E-state index contributed by atoms with van der Waals surface area (Å²) in [6.07, 6.45) is 0. The molecule has 29 heavy (non-hydrogen) atoms. The molecule has 4 aromatic rings. The van der Waals surface area contributed by atoms with Crippen molar-refractivity contribution in [3.63, 3.8) is 0 Å². The quantitative estimate of drug-likeness (QED) is 0.414. The summed E-state index contributed by atoms with van der Waals surface area (Å²) < 4.78 is 0. The van der Waals surface area contributed by atoms with Crippen LogP contribution in [-0.4, -0.2) is 10.9 Å². The van der Waals surface area contributed by atoms with E-state index in [-0.39, 0.29) is 5.91 Å². The van der Waals surface area contributed by atoms with Crippen molar-refractivity contribution in [2.75, 3.05) is 5.32 Å². The van der Waals surface area contributed by atoms with Crippen molar-refractivity contribution in [1.29, 1.82) is 0 Å². The van der Waals surface area contributed by atoms with E-state index in [1.807, 2.05) is 87.5 Å². The molecule has 0 unspecified atom stereocenters. The number of para-hydroxylation sites is 1. The van der Waals surface area contributed by atoms with Gasteiger partial charge in [-0.15, -0.1) is 0 Å². The average Bonchev–Trinajstić information content (AvgIpc) is 2.70. The van der Waals surface area contributed by atoms with Gasteiger partial charge in [0.05, 0.1) is 16.8 Å². The third-order valence-electron chi connectivity index (χ3n) is 5.10. The Morgan fingerprint density at radius 1 is 0.931 bits per heavy atom. The predicted octanol–water partition coefficient (Wildman–Crippen LogP) is 6.73. The summed E-state index contributed by atoms with van der Waals surface area (Å²) >= 11 is 6.20. The molecule has 0 atom stereocenters. The maximum Gasteiger partial charge on any atom is 0.256 e. The number of benzene rings is 3. The molecule has 3 nitrogen and oxygen atoms in total. The molecule has 0 radical (unpaired) electrons. The molecule has 4 heteroatoms. The number of nitrogens with zero attached hydrogens (tertiary/aromatic N) is 1. The van der Waals surface area contributed by atoms with E-state index in [9.17, 15) is 4.79 Å². The predicted molar refractivity (Wildman–Crippen MR) is 121 cm³/mol. The topological polar surface area (TPSA) is 42.0 Å². The van der Waals surface area contributed by atoms with Gasteiger partial charge in [0.1, 0.15) is 0 Å². The molecule has 0 fully saturated rings. The summed E-state index contributed by atoms with van der Waals surface area (Å²) in [4.78, 5) is 18.2. The number of hydrogen-bond donors (Lipinski definition) is 1. The number of pyridine rings is 1. The van der Waals surface area contributed by atoms with Crippen LogP contribution in [0.5, 0.6) is 0 Å². The first kappa shape index (κ1) is 19.2. The number of aryl methyl sites for hydroxylation is 2. The Labute approximate surface area is 175 Å². The van der Waals surface area contributed by atoms with Gasteiger partial charge in [-0.05, 0) is 61.7 Å². The van der Waals surface area contributed by atoms with E-state index >= 15 is 0 Å². The molecule has 0 saturated carbocycles. The third-order valence-corrected chi connectivity index (χ3v) is 5.34. The number of hydrogen-bond acceptors (Lipinski definition) is 2. The molecule has 3 aromatic carbocycles. The summed E-state index contributed by atoms with van der Waals surface area (Å²) in [5.74, 6) is -0.141. The first-order chi connectivity index (χ1) is 13.9. The van der Waals surface area contributed by atoms with E-state index in [0.717, 1.165) is 44.5 Å². The minimum absolute atomic E-state index is 0.141. The second-order valence-corrected chi connectivity index (χ2v) is 7.70. The smallest absolute Gasteiger partial charge is 0.256 e. The molecule has 1 amide bonds. The lowest BCUT2D eigenvalue weighted by molar-refractivity contribution is 0.102. The Morgan fingerprint density at radius 3 is 2.52 bits per heavy atom. The first-order valence-electron chi connectivity index (χ1n) is 9.48. The summed E-state index contributed by atoms with van der Waals surface area (Å²) in [5.41, 5.74) is 6.83. The van der Waals surface area contributed by atoms with E-state index in [1.165, 1.54) is 0 Å². The van der Waals surface area contributed by atoms with Gasteiger partial charge in [0.15, 0.2) is 0 Å². The van der Waals surface area contributed by atoms with Crippen LogP contribution in [0.2, 0.25) is 5.02 Å². The number of anilines is 1. The van der Waals surface area contributed by atoms with Crippen LogP contribution >= 0.6 is 11.6 Å². The summed E-state index contributed by atoms with van der Waals surface area (Å²) in [7, 11) is 0. The highest BCUT2D eigenvalue weighted by atomic mass is 35.5. The Bertz CT molecular complexity index is 1250. The molecule has 0 spiro atoms. The Balaban J connectivity index is 1.89. The van der Waals surface area contributed by atoms with Gasteiger partial charge < -0.3 is 5.32 Å². The first-order valence-corrected chi connectivity index (χ1v) is 9.86. The number of aromatic nitrogens is 1. The highest BCUT2D eigenvalue weighted by Gasteiger charge is 2.19. The van der Waals surface area contributed by atoms with Gasteiger partial charge in [0, 0.05) is 21.7 Å². The zero-order chi connectivity index (χ0) is 20.5. The SMILES string of the molecule is Cc1ccc(C)c(NC(=O)c2c(C)c(-c3cccc(Cl)c3)nc3ccccc23)c1. The number of carbonyl (C=O) groups excluding carboxylic acids is 1. The van der Waals surface area contributed by atoms with Crippen LogP contribution in [0.1, 0.15) is 27.0 Å². The lowest BCUT2D eigenvalue weighted by Crippen LogP contribution is -2.16. The fourth-order valence-corrected chi connectivity index (χ4v) is 3.76. The van der Waals surface area contributed by atoms with Crippen molar-refractivity contribution in [2.45, 2.75) is 20.8 Å². The van der Waals surface area contributed by atoms with Crippen LogP contribution in [-0.2, 0) is 0 Å². The number of carbonyl (C=O) groups is 1. The molecule has 0 saturated heterocycles. The molecule has 0 bridgehead atoms. The van der Waals surface area contributed by atoms with Gasteiger partial charge in [-0.3, -0.25) is 4.79 Å². The standard InChI is InChI=1S/C25H21ClN2O/c1-15-11-12-16(2)22(13-15)28-25(29)23-17(3)24(18-7-6-8-19(26)14-18)27-21-10-5-4-9-20(21)23/h4-14H,1-3H3,(H,28,29). The monoisotopic (exact) mass is 400 g/mol. The minimum Gasteiger partial charge on any atom is -0.322 e. The number of amides is 1. The van der Waals surface area contributed by atoms with Crippen molar-refractivity contribution < 1.29 is 4.79 Å². The second kappa shape index (κ2) is 7.69. The van der Waals surface area contributed by atoms with Crippen molar-refractivity contribution in [1.82, 2.24) is 4.98 Å². The van der Waals surface area contributed by atoms with Crippen LogP contribution in [0.15, 0.2) is 66.7 Å². The average molecular weight is 401 g/mol. The largest absolute Gasteiger partial charge is 0.322 e. The molecular formula is C25H21ClN2O. The Kier molecular flexibility index (Phi) is 5.08. The Hall–Kier alpha value is -3.17. The maximum atomic E-state index is 13.4. The van der Waals surface area contributed by atoms with Gasteiger partial charge in [0.25, 0.3) is 5.91 Å². The van der Waals surface area contributed by atoms with Crippen molar-refractivity contribution >= 4 is 34.1 Å². The summed E-state index contributed by atoms with van der Waals surface area (Å²) in [5, 5.41) is 4.57. The van der Waals surface area contributed by atoms with E-state index in [0.29, 0.717) is 10.6 Å². The highest BCUT2D eigenvalue weighted by molar-refractivity contribution is 6.30. The van der Waals surface area contributed by atoms with Gasteiger partial charge in [-0.25, -0.2) is 4.98 Å². The van der Waals surface area contributed by atoms with Crippen molar-refractivity contribution in [3.05, 3.63) is 94.0 Å². The number of nitrogens with one attached hydrogen (secondary N) is 1. The molecule has 1 heterocycles. The van der Waals surface area contributed by atoms with Gasteiger partial charge >= 0.3 is 0 Å². The van der Waals surface area contributed by atoms with E-state index in [4.69, 9.17) is 16.6 Å². The summed E-state index contributed by atoms with van der Waals surface area (Å²) in [6, 6.07) is 21.3. The fraction of sp³-hybridized carbons (Fsp3) is 0.120. The van der Waals surface area contributed by atoms with E-state index in [2.05, 4.69) is 5.32 Å². The lowest BCUT2D eigenvalue weighted by atomic mass is 9.97. The second-order valence-electron chi connectivity index (χ2n) is 7.26. The minimum atomic E-state index is -0.141. The van der Waals surface area contributed by atoms with Crippen LogP contribution < -0.4 is 5.32 Å². The molecule has 144 valence electrons. The number of fused-ring (bicyclic) bond motifs is 1. The number of rotatable bonds is 3. The van der Waals surface area contributed by atoms with Crippen LogP contribution in [0.3, 0.4) is 0 Å². The molecule has 1 N–H and O–H groups in total. The highest BCUT2D eigenvalue weighted by Crippen LogP contribution is 2.31. The third kappa shape index (κ3) is 3.74. The molecular weight excluding hydrogens is 380 g/mol. The van der Waals surface area contributed by atoms with Gasteiger partial charge in [-0.1, -0.05) is 54.1 Å². The Morgan fingerprint density at radius 2 is 1.72 bits per heavy atom. The van der Waals surface area contributed by atoms with Crippen LogP contribution in [0, 0.1) is 20.8 Å².